The second-order valence-electron chi connectivity index (χ2n) is 6.47. The largest absolute Gasteiger partial charge is 0.481 e. The lowest BCUT2D eigenvalue weighted by Crippen LogP contribution is -2.23. The molecule has 0 spiro atoms. The molecule has 0 amide bonds. The van der Waals surface area contributed by atoms with Crippen molar-refractivity contribution in [3.05, 3.63) is 35.9 Å². The molecule has 0 fully saturated rings. The first-order valence-electron chi connectivity index (χ1n) is 9.63. The van der Waals surface area contributed by atoms with Gasteiger partial charge in [-0.1, -0.05) is 43.7 Å². The van der Waals surface area contributed by atoms with Crippen LogP contribution in [-0.4, -0.2) is 54.2 Å². The number of carbonyl (C=O) groups is 2. The average molecular weight is 398 g/mol. The molecule has 1 aromatic rings. The van der Waals surface area contributed by atoms with Crippen molar-refractivity contribution in [1.29, 1.82) is 0 Å². The molecular weight excluding hydrogens is 364 g/mol. The van der Waals surface area contributed by atoms with Crippen LogP contribution in [0, 0.1) is 0 Å². The molecule has 0 heterocycles. The second-order valence-corrected chi connectivity index (χ2v) is 6.47. The quantitative estimate of drug-likeness (QED) is 0.460. The first kappa shape index (κ1) is 26.0. The highest BCUT2D eigenvalue weighted by Gasteiger charge is 2.07. The third kappa shape index (κ3) is 17.5. The molecule has 2 unspecified atom stereocenters. The van der Waals surface area contributed by atoms with Gasteiger partial charge in [0.05, 0.1) is 44.9 Å². The van der Waals surface area contributed by atoms with Crippen LogP contribution in [0.2, 0.25) is 0 Å². The lowest BCUT2D eigenvalue weighted by atomic mass is 10.2. The zero-order valence-electron chi connectivity index (χ0n) is 17.1. The van der Waals surface area contributed by atoms with E-state index in [1.165, 1.54) is 12.0 Å². The summed E-state index contributed by atoms with van der Waals surface area (Å²) < 4.78 is 17.0. The molecule has 0 aliphatic heterocycles. The fourth-order valence-corrected chi connectivity index (χ4v) is 1.92. The zero-order valence-corrected chi connectivity index (χ0v) is 17.1. The minimum absolute atomic E-state index is 0.0910. The zero-order chi connectivity index (χ0) is 21.2. The van der Waals surface area contributed by atoms with E-state index in [1.54, 1.807) is 0 Å². The summed E-state index contributed by atoms with van der Waals surface area (Å²) in [6.07, 6.45) is 1.90. The van der Waals surface area contributed by atoms with Gasteiger partial charge in [0.15, 0.2) is 0 Å². The Morgan fingerprint density at radius 2 is 1.50 bits per heavy atom. The van der Waals surface area contributed by atoms with Gasteiger partial charge in [-0.05, 0) is 25.8 Å². The van der Waals surface area contributed by atoms with E-state index < -0.39 is 11.9 Å². The average Bonchev–Trinajstić information content (AvgIpc) is 2.68. The summed E-state index contributed by atoms with van der Waals surface area (Å²) in [6, 6.07) is 10.2. The van der Waals surface area contributed by atoms with Gasteiger partial charge < -0.3 is 24.4 Å². The summed E-state index contributed by atoms with van der Waals surface area (Å²) in [7, 11) is 0. The third-order valence-electron chi connectivity index (χ3n) is 3.54. The Morgan fingerprint density at radius 3 is 2.04 bits per heavy atom. The van der Waals surface area contributed by atoms with Crippen LogP contribution >= 0.6 is 0 Å². The maximum absolute atomic E-state index is 9.64. The Morgan fingerprint density at radius 1 is 0.929 bits per heavy atom. The molecule has 0 saturated heterocycles. The summed E-state index contributed by atoms with van der Waals surface area (Å²) in [5, 5.41) is 15.8. The van der Waals surface area contributed by atoms with Gasteiger partial charge in [0.25, 0.3) is 0 Å². The van der Waals surface area contributed by atoms with Crippen LogP contribution in [0.5, 0.6) is 0 Å². The molecule has 0 bridgehead atoms. The SMILES string of the molecule is CCCCOCC(C)OCC(C)OCc1ccccc1.O=C(O)CCC(=O)O. The molecule has 2 atom stereocenters. The van der Waals surface area contributed by atoms with Gasteiger partial charge in [0, 0.05) is 6.61 Å². The van der Waals surface area contributed by atoms with E-state index in [0.29, 0.717) is 19.8 Å². The van der Waals surface area contributed by atoms with Crippen LogP contribution in [-0.2, 0) is 30.4 Å². The maximum Gasteiger partial charge on any atom is 0.303 e. The Hall–Kier alpha value is -1.96. The summed E-state index contributed by atoms with van der Waals surface area (Å²) in [5.41, 5.74) is 1.19. The van der Waals surface area contributed by atoms with E-state index in [1.807, 2.05) is 32.0 Å². The minimum Gasteiger partial charge on any atom is -0.481 e. The van der Waals surface area contributed by atoms with Crippen molar-refractivity contribution >= 4 is 11.9 Å². The van der Waals surface area contributed by atoms with Crippen LogP contribution < -0.4 is 0 Å². The predicted octanol–water partition coefficient (Wildman–Crippen LogP) is 3.75. The predicted molar refractivity (Wildman–Crippen MR) is 106 cm³/mol. The van der Waals surface area contributed by atoms with Gasteiger partial charge in [0.2, 0.25) is 0 Å². The van der Waals surface area contributed by atoms with Crippen LogP contribution in [0.15, 0.2) is 30.3 Å². The van der Waals surface area contributed by atoms with Crippen molar-refractivity contribution in [3.63, 3.8) is 0 Å². The molecule has 0 aromatic heterocycles. The van der Waals surface area contributed by atoms with E-state index in [-0.39, 0.29) is 25.0 Å². The van der Waals surface area contributed by atoms with Crippen LogP contribution in [0.25, 0.3) is 0 Å². The highest BCUT2D eigenvalue weighted by Crippen LogP contribution is 2.04. The van der Waals surface area contributed by atoms with E-state index >= 15 is 0 Å². The first-order chi connectivity index (χ1) is 13.3. The van der Waals surface area contributed by atoms with Crippen LogP contribution in [0.3, 0.4) is 0 Å². The smallest absolute Gasteiger partial charge is 0.303 e. The van der Waals surface area contributed by atoms with E-state index in [9.17, 15) is 9.59 Å². The van der Waals surface area contributed by atoms with Gasteiger partial charge >= 0.3 is 11.9 Å². The molecule has 1 aromatic carbocycles. The van der Waals surface area contributed by atoms with Crippen LogP contribution in [0.4, 0.5) is 0 Å². The monoisotopic (exact) mass is 398 g/mol. The topological polar surface area (TPSA) is 102 Å². The number of ether oxygens (including phenoxy) is 3. The molecule has 7 heteroatoms. The molecule has 0 saturated carbocycles. The number of hydrogen-bond donors (Lipinski definition) is 2. The highest BCUT2D eigenvalue weighted by molar-refractivity contribution is 5.75. The molecule has 0 radical (unpaired) electrons. The van der Waals surface area contributed by atoms with Crippen molar-refractivity contribution in [2.45, 2.75) is 65.3 Å². The van der Waals surface area contributed by atoms with Gasteiger partial charge in [-0.2, -0.15) is 0 Å². The molecule has 28 heavy (non-hydrogen) atoms. The Balaban J connectivity index is 0.000000769. The number of carboxylic acids is 2. The normalized spacial score (nSPS) is 12.5. The number of benzene rings is 1. The van der Waals surface area contributed by atoms with Crippen molar-refractivity contribution < 1.29 is 34.0 Å². The van der Waals surface area contributed by atoms with Gasteiger partial charge in [0.1, 0.15) is 0 Å². The first-order valence-corrected chi connectivity index (χ1v) is 9.63. The molecule has 0 aliphatic carbocycles. The van der Waals surface area contributed by atoms with Gasteiger partial charge in [-0.15, -0.1) is 0 Å². The van der Waals surface area contributed by atoms with Crippen LogP contribution in [0.1, 0.15) is 52.0 Å². The van der Waals surface area contributed by atoms with Gasteiger partial charge in [-0.3, -0.25) is 9.59 Å². The number of unbranched alkanes of at least 4 members (excludes halogenated alkanes) is 1. The van der Waals surface area contributed by atoms with Gasteiger partial charge in [-0.25, -0.2) is 0 Å². The highest BCUT2D eigenvalue weighted by atomic mass is 16.6. The third-order valence-corrected chi connectivity index (χ3v) is 3.54. The number of rotatable bonds is 14. The van der Waals surface area contributed by atoms with E-state index in [4.69, 9.17) is 24.4 Å². The summed E-state index contributed by atoms with van der Waals surface area (Å²) >= 11 is 0. The summed E-state index contributed by atoms with van der Waals surface area (Å²) in [6.45, 7) is 8.95. The van der Waals surface area contributed by atoms with E-state index in [2.05, 4.69) is 19.1 Å². The maximum atomic E-state index is 9.64. The Kier molecular flexibility index (Phi) is 16.0. The minimum atomic E-state index is -1.08. The lowest BCUT2D eigenvalue weighted by molar-refractivity contribution is -0.143. The molecular formula is C21H34O7. The molecule has 0 aliphatic rings. The number of hydrogen-bond acceptors (Lipinski definition) is 5. The molecule has 1 rings (SSSR count). The van der Waals surface area contributed by atoms with Crippen molar-refractivity contribution in [2.24, 2.45) is 0 Å². The Bertz CT molecular complexity index is 505. The molecule has 160 valence electrons. The second kappa shape index (κ2) is 17.2. The number of aliphatic carboxylic acids is 2. The fourth-order valence-electron chi connectivity index (χ4n) is 1.92. The Labute approximate surface area is 167 Å². The standard InChI is InChI=1S/C17H28O3.C4H6O4/c1-4-5-11-18-12-15(2)19-13-16(3)20-14-17-9-7-6-8-10-17;5-3(6)1-2-4(7)8/h6-10,15-16H,4-5,11-14H2,1-3H3;1-2H2,(H,5,6)(H,7,8). The number of carboxylic acid groups (broad SMARTS) is 2. The van der Waals surface area contributed by atoms with Crippen molar-refractivity contribution in [1.82, 2.24) is 0 Å². The van der Waals surface area contributed by atoms with E-state index in [0.717, 1.165) is 13.0 Å². The van der Waals surface area contributed by atoms with Crippen molar-refractivity contribution in [2.75, 3.05) is 19.8 Å². The summed E-state index contributed by atoms with van der Waals surface area (Å²) in [5.74, 6) is -2.15. The lowest BCUT2D eigenvalue weighted by Gasteiger charge is -2.18. The summed E-state index contributed by atoms with van der Waals surface area (Å²) in [4.78, 5) is 19.3. The fraction of sp³-hybridized carbons (Fsp3) is 0.619. The molecule has 2 N–H and O–H groups in total. The van der Waals surface area contributed by atoms with Crippen molar-refractivity contribution in [3.8, 4) is 0 Å². The molecule has 7 nitrogen and oxygen atoms in total.